The van der Waals surface area contributed by atoms with Gasteiger partial charge in [0.2, 0.25) is 5.91 Å². The molecule has 0 radical (unpaired) electrons. The monoisotopic (exact) mass is 707 g/mol. The van der Waals surface area contributed by atoms with Crippen molar-refractivity contribution in [2.75, 3.05) is 50.7 Å². The van der Waals surface area contributed by atoms with Crippen LogP contribution >= 0.6 is 11.6 Å². The summed E-state index contributed by atoms with van der Waals surface area (Å²) in [5.74, 6) is 0.636. The van der Waals surface area contributed by atoms with Crippen molar-refractivity contribution in [2.24, 2.45) is 33.4 Å². The Bertz CT molecular complexity index is 1820. The fraction of sp³-hybridized carbons (Fsp3) is 0.579. The van der Waals surface area contributed by atoms with Crippen molar-refractivity contribution in [1.29, 1.82) is 0 Å². The lowest BCUT2D eigenvalue weighted by Crippen LogP contribution is -2.49. The quantitative estimate of drug-likeness (QED) is 0.383. The van der Waals surface area contributed by atoms with Gasteiger partial charge in [-0.15, -0.1) is 4.36 Å². The van der Waals surface area contributed by atoms with Crippen molar-refractivity contribution in [2.45, 2.75) is 63.4 Å². The molecule has 49 heavy (non-hydrogen) atoms. The molecule has 2 aromatic rings. The zero-order valence-corrected chi connectivity index (χ0v) is 29.9. The van der Waals surface area contributed by atoms with Gasteiger partial charge in [0, 0.05) is 42.1 Å². The number of halogens is 1. The van der Waals surface area contributed by atoms with E-state index >= 15 is 0 Å². The van der Waals surface area contributed by atoms with Gasteiger partial charge < -0.3 is 19.1 Å². The molecule has 2 amide bonds. The molecule has 3 heterocycles. The third kappa shape index (κ3) is 6.10. The minimum Gasteiger partial charge on any atom is -0.490 e. The lowest BCUT2D eigenvalue weighted by Gasteiger charge is -2.46. The minimum atomic E-state index is -3.44. The lowest BCUT2D eigenvalue weighted by molar-refractivity contribution is -0.125. The molecule has 3 aliphatic heterocycles. The predicted octanol–water partition coefficient (Wildman–Crippen LogP) is 6.13. The van der Waals surface area contributed by atoms with Crippen molar-refractivity contribution in [3.05, 3.63) is 70.3 Å². The zero-order chi connectivity index (χ0) is 34.0. The van der Waals surface area contributed by atoms with Crippen LogP contribution in [-0.2, 0) is 36.0 Å². The van der Waals surface area contributed by atoms with Crippen LogP contribution < -0.4 is 14.4 Å². The van der Waals surface area contributed by atoms with Gasteiger partial charge in [0.1, 0.15) is 15.7 Å². The smallest absolute Gasteiger partial charge is 0.286 e. The van der Waals surface area contributed by atoms with Crippen LogP contribution in [0.1, 0.15) is 66.9 Å². The van der Waals surface area contributed by atoms with Gasteiger partial charge >= 0.3 is 0 Å². The molecule has 2 saturated carbocycles. The van der Waals surface area contributed by atoms with Gasteiger partial charge in [-0.05, 0) is 104 Å². The van der Waals surface area contributed by atoms with Crippen LogP contribution in [0.3, 0.4) is 0 Å². The second-order valence-corrected chi connectivity index (χ2v) is 17.9. The molecular weight excluding hydrogens is 662 g/mol. The minimum absolute atomic E-state index is 0.0389. The van der Waals surface area contributed by atoms with E-state index in [9.17, 15) is 13.8 Å². The van der Waals surface area contributed by atoms with Gasteiger partial charge in [-0.3, -0.25) is 14.3 Å². The van der Waals surface area contributed by atoms with E-state index in [1.54, 1.807) is 13.2 Å². The first kappa shape index (κ1) is 33.2. The summed E-state index contributed by atoms with van der Waals surface area (Å²) < 4.78 is 39.9. The molecule has 8 rings (SSSR count). The normalized spacial score (nSPS) is 37.3. The maximum absolute atomic E-state index is 14.5. The van der Waals surface area contributed by atoms with E-state index in [-0.39, 0.29) is 35.0 Å². The molecule has 9 nitrogen and oxygen atoms in total. The first-order valence-electron chi connectivity index (χ1n) is 17.8. The average Bonchev–Trinajstić information content (AvgIpc) is 3.67. The molecule has 1 N–H and O–H groups in total. The highest BCUT2D eigenvalue weighted by molar-refractivity contribution is 7.92. The van der Waals surface area contributed by atoms with Crippen LogP contribution in [0.4, 0.5) is 5.69 Å². The second-order valence-electron chi connectivity index (χ2n) is 15.5. The summed E-state index contributed by atoms with van der Waals surface area (Å²) in [5, 5.41) is 0.747. The zero-order valence-electron chi connectivity index (χ0n) is 28.3. The number of rotatable bonds is 3. The first-order valence-corrected chi connectivity index (χ1v) is 19.9. The largest absolute Gasteiger partial charge is 0.490 e. The molecule has 3 fully saturated rings. The van der Waals surface area contributed by atoms with Crippen molar-refractivity contribution in [3.63, 3.8) is 0 Å². The van der Waals surface area contributed by atoms with E-state index in [1.807, 2.05) is 25.1 Å². The van der Waals surface area contributed by atoms with Crippen LogP contribution in [-0.4, -0.2) is 67.9 Å². The summed E-state index contributed by atoms with van der Waals surface area (Å²) in [4.78, 5) is 29.9. The van der Waals surface area contributed by atoms with Crippen LogP contribution in [0, 0.1) is 29.1 Å². The SMILES string of the molecule is CO[C@H]1/C=C/C[C@H](C)CS(=O)(NC(=O)[C@@]23COCC2C3)=NC(=O)c2ccc3c(c2)N(C[C@@H]2CC[C@H]21)C[C@@]1(CCCc2cc(Cl)ccc21)CO3. The predicted molar refractivity (Wildman–Crippen MR) is 189 cm³/mol. The number of carbonyl (C=O) groups is 2. The number of hydrogen-bond donors (Lipinski definition) is 1. The number of benzene rings is 2. The summed E-state index contributed by atoms with van der Waals surface area (Å²) in [5.41, 5.74) is 2.82. The number of ether oxygens (including phenoxy) is 3. The Morgan fingerprint density at radius 3 is 2.82 bits per heavy atom. The Morgan fingerprint density at radius 1 is 1.18 bits per heavy atom. The molecule has 0 aromatic heterocycles. The van der Waals surface area contributed by atoms with Crippen LogP contribution in [0.5, 0.6) is 5.75 Å². The van der Waals surface area contributed by atoms with Gasteiger partial charge in [0.15, 0.2) is 0 Å². The Morgan fingerprint density at radius 2 is 2.06 bits per heavy atom. The van der Waals surface area contributed by atoms with Crippen LogP contribution in [0.25, 0.3) is 0 Å². The standard InChI is InChI=1S/C38H46ClN3O6S/c1-24-5-3-7-33(46-2)30-11-8-27(30)18-42-21-37(14-4-6-25-15-29(39)10-12-31(25)37)22-48-34-13-9-26(16-32(34)42)35(43)40-49(45,20-24)41-36(44)38-17-28(38)19-47-23-38/h3,7,9-10,12-13,15-16,24,27-28,30,33H,4-6,8,11,14,17-23H2,1-2H3,(H,40,41,43,44,45)/b7-3+/t24-,27-,28?,30+,33-,37-,38-,49?/m0/s1. The van der Waals surface area contributed by atoms with Gasteiger partial charge in [0.25, 0.3) is 5.91 Å². The lowest BCUT2D eigenvalue weighted by atomic mass is 9.68. The van der Waals surface area contributed by atoms with E-state index in [0.29, 0.717) is 50.1 Å². The number of allylic oxidation sites excluding steroid dienone is 1. The van der Waals surface area contributed by atoms with Crippen molar-refractivity contribution in [1.82, 2.24) is 4.72 Å². The average molecular weight is 708 g/mol. The van der Waals surface area contributed by atoms with Crippen molar-refractivity contribution in [3.8, 4) is 5.75 Å². The summed E-state index contributed by atoms with van der Waals surface area (Å²) >= 11 is 6.45. The third-order valence-corrected chi connectivity index (χ3v) is 14.4. The number of nitrogens with one attached hydrogen (secondary N) is 1. The number of methoxy groups -OCH3 is 1. The van der Waals surface area contributed by atoms with Crippen molar-refractivity contribution >= 4 is 39.0 Å². The fourth-order valence-electron chi connectivity index (χ4n) is 9.12. The number of nitrogens with zero attached hydrogens (tertiary/aromatic N) is 2. The van der Waals surface area contributed by atoms with Crippen LogP contribution in [0.2, 0.25) is 5.02 Å². The molecule has 6 aliphatic rings. The molecule has 2 aromatic carbocycles. The molecule has 2 unspecified atom stereocenters. The van der Waals surface area contributed by atoms with Gasteiger partial charge in [-0.2, -0.15) is 0 Å². The maximum atomic E-state index is 14.5. The summed E-state index contributed by atoms with van der Waals surface area (Å²) in [6, 6.07) is 11.7. The summed E-state index contributed by atoms with van der Waals surface area (Å²) in [7, 11) is -1.67. The molecule has 1 saturated heterocycles. The molecule has 8 atom stereocenters. The molecule has 11 heteroatoms. The highest BCUT2D eigenvalue weighted by Gasteiger charge is 2.64. The Kier molecular flexibility index (Phi) is 8.61. The first-order chi connectivity index (χ1) is 23.6. The third-order valence-electron chi connectivity index (χ3n) is 12.1. The van der Waals surface area contributed by atoms with Gasteiger partial charge in [-0.25, -0.2) is 4.21 Å². The fourth-order valence-corrected chi connectivity index (χ4v) is 11.3. The molecule has 3 aliphatic carbocycles. The van der Waals surface area contributed by atoms with E-state index in [4.69, 9.17) is 25.8 Å². The van der Waals surface area contributed by atoms with E-state index in [1.165, 1.54) is 11.1 Å². The molecular formula is C38H46ClN3O6S. The second kappa shape index (κ2) is 12.7. The topological polar surface area (TPSA) is 107 Å². The molecule has 2 bridgehead atoms. The summed E-state index contributed by atoms with van der Waals surface area (Å²) in [6.07, 6.45) is 10.7. The molecule has 1 spiro atoms. The number of carbonyl (C=O) groups excluding carboxylic acids is 2. The van der Waals surface area contributed by atoms with Crippen molar-refractivity contribution < 1.29 is 28.0 Å². The Labute approximate surface area is 294 Å². The number of anilines is 1. The number of aryl methyl sites for hydroxylation is 1. The Balaban J connectivity index is 1.19. The summed E-state index contributed by atoms with van der Waals surface area (Å²) in [6.45, 7) is 4.87. The number of fused-ring (bicyclic) bond motifs is 5. The van der Waals surface area contributed by atoms with E-state index < -0.39 is 21.2 Å². The van der Waals surface area contributed by atoms with Gasteiger partial charge in [0.05, 0.1) is 42.8 Å². The van der Waals surface area contributed by atoms with Gasteiger partial charge in [-0.1, -0.05) is 36.7 Å². The highest BCUT2D eigenvalue weighted by Crippen LogP contribution is 2.57. The van der Waals surface area contributed by atoms with E-state index in [0.717, 1.165) is 61.7 Å². The van der Waals surface area contributed by atoms with E-state index in [2.05, 4.69) is 38.3 Å². The molecule has 262 valence electrons. The number of amides is 2. The van der Waals surface area contributed by atoms with Crippen LogP contribution in [0.15, 0.2) is 52.9 Å². The Hall–Kier alpha value is -2.92. The number of hydrogen-bond acceptors (Lipinski definition) is 7. The maximum Gasteiger partial charge on any atom is 0.286 e. The highest BCUT2D eigenvalue weighted by atomic mass is 35.5.